The van der Waals surface area contributed by atoms with E-state index in [9.17, 15) is 0 Å². The molecule has 2 aliphatic rings. The number of hydrogen-bond donors (Lipinski definition) is 0. The molecule has 1 aliphatic carbocycles. The van der Waals surface area contributed by atoms with E-state index in [1.54, 1.807) is 0 Å². The molecule has 0 aromatic heterocycles. The summed E-state index contributed by atoms with van der Waals surface area (Å²) >= 11 is 0. The van der Waals surface area contributed by atoms with Crippen LogP contribution < -0.4 is 4.90 Å². The molecule has 0 spiro atoms. The van der Waals surface area contributed by atoms with Crippen molar-refractivity contribution in [2.75, 3.05) is 4.90 Å². The van der Waals surface area contributed by atoms with Crippen LogP contribution in [0.25, 0.3) is 43.4 Å². The van der Waals surface area contributed by atoms with E-state index in [0.29, 0.717) is 11.8 Å². The van der Waals surface area contributed by atoms with Crippen LogP contribution >= 0.6 is 0 Å². The zero-order valence-corrected chi connectivity index (χ0v) is 29.8. The van der Waals surface area contributed by atoms with Crippen molar-refractivity contribution < 1.29 is 0 Å². The van der Waals surface area contributed by atoms with E-state index in [-0.39, 0.29) is 10.8 Å². The normalized spacial score (nSPS) is 15.9. The van der Waals surface area contributed by atoms with Gasteiger partial charge in [0.05, 0.1) is 17.1 Å². The highest BCUT2D eigenvalue weighted by Gasteiger charge is 2.42. The molecule has 0 saturated heterocycles. The highest BCUT2D eigenvalue weighted by Crippen LogP contribution is 2.59. The molecule has 7 aromatic rings. The second-order valence-electron chi connectivity index (χ2n) is 16.2. The largest absolute Gasteiger partial charge is 0.309 e. The van der Waals surface area contributed by atoms with Gasteiger partial charge in [-0.3, -0.25) is 0 Å². The van der Waals surface area contributed by atoms with E-state index >= 15 is 0 Å². The van der Waals surface area contributed by atoms with Crippen molar-refractivity contribution >= 4 is 49.4 Å². The number of aryl methyl sites for hydroxylation is 1. The smallest absolute Gasteiger partial charge is 0.0543 e. The molecule has 0 atom stereocenters. The van der Waals surface area contributed by atoms with E-state index < -0.39 is 0 Å². The van der Waals surface area contributed by atoms with Gasteiger partial charge in [0, 0.05) is 16.2 Å². The van der Waals surface area contributed by atoms with Gasteiger partial charge in [-0.15, -0.1) is 0 Å². The van der Waals surface area contributed by atoms with Gasteiger partial charge in [-0.2, -0.15) is 0 Å². The molecule has 1 heteroatoms. The number of fused-ring (bicyclic) bond motifs is 5. The summed E-state index contributed by atoms with van der Waals surface area (Å²) in [6.07, 6.45) is 0. The first-order valence-corrected chi connectivity index (χ1v) is 17.8. The van der Waals surface area contributed by atoms with E-state index in [2.05, 4.69) is 164 Å². The molecule has 1 nitrogen and oxygen atoms in total. The Hall–Kier alpha value is -4.62. The second kappa shape index (κ2) is 9.73. The number of rotatable bonds is 3. The van der Waals surface area contributed by atoms with Crippen molar-refractivity contribution in [1.29, 1.82) is 0 Å². The van der Waals surface area contributed by atoms with Crippen LogP contribution in [0, 0.1) is 6.92 Å². The molecular formula is C47H45N. The predicted molar refractivity (Wildman–Crippen MR) is 207 cm³/mol. The van der Waals surface area contributed by atoms with Crippen LogP contribution in [0.1, 0.15) is 106 Å². The van der Waals surface area contributed by atoms with Crippen LogP contribution in [0.2, 0.25) is 0 Å². The van der Waals surface area contributed by atoms with Gasteiger partial charge in [-0.1, -0.05) is 128 Å². The van der Waals surface area contributed by atoms with Gasteiger partial charge in [-0.25, -0.2) is 0 Å². The zero-order chi connectivity index (χ0) is 33.4. The van der Waals surface area contributed by atoms with Crippen LogP contribution in [0.3, 0.4) is 0 Å². The minimum Gasteiger partial charge on any atom is -0.309 e. The molecule has 238 valence electrons. The summed E-state index contributed by atoms with van der Waals surface area (Å²) < 4.78 is 0. The molecule has 0 bridgehead atoms. The zero-order valence-electron chi connectivity index (χ0n) is 29.8. The Labute approximate surface area is 285 Å². The Morgan fingerprint density at radius 1 is 0.458 bits per heavy atom. The van der Waals surface area contributed by atoms with Gasteiger partial charge in [-0.05, 0) is 120 Å². The summed E-state index contributed by atoms with van der Waals surface area (Å²) in [7, 11) is 0. The lowest BCUT2D eigenvalue weighted by atomic mass is 9.71. The average Bonchev–Trinajstić information content (AvgIpc) is 3.29. The number of nitrogens with zero attached hydrogens (tertiary/aromatic N) is 1. The third-order valence-corrected chi connectivity index (χ3v) is 12.0. The van der Waals surface area contributed by atoms with E-state index in [0.717, 1.165) is 0 Å². The lowest BCUT2D eigenvalue weighted by molar-refractivity contribution is 0.627. The summed E-state index contributed by atoms with van der Waals surface area (Å²) in [5.41, 5.74) is 16.2. The standard InChI is InChI=1S/C47H45N/c1-26(2)32-22-30-20-21-40(45-33(27(3)4)23-29-19-18-28(5)42(32)43(29)44(30)45)48-39-17-13-12-16-36(39)47(8,9)38-24-34-31-14-10-11-15-35(31)46(6,7)37(34)25-41(38)48/h10-27H,1-9H3. The number of anilines is 3. The number of para-hydroxylation sites is 1. The molecule has 0 N–H and O–H groups in total. The minimum atomic E-state index is -0.160. The van der Waals surface area contributed by atoms with Crippen molar-refractivity contribution in [2.45, 2.75) is 85.0 Å². The molecule has 1 heterocycles. The molecule has 9 rings (SSSR count). The Balaban J connectivity index is 1.44. The third kappa shape index (κ3) is 3.68. The first-order chi connectivity index (χ1) is 22.9. The van der Waals surface area contributed by atoms with Crippen LogP contribution in [0.4, 0.5) is 17.1 Å². The summed E-state index contributed by atoms with van der Waals surface area (Å²) in [5.74, 6) is 0.813. The Morgan fingerprint density at radius 3 is 1.75 bits per heavy atom. The SMILES string of the molecule is Cc1ccc2cc(C(C)C)c3c(N4c5ccccc5C(C)(C)c5cc6c(cc54)C(C)(C)c4ccccc4-6)ccc4cc(C(C)C)c1c2c43. The average molecular weight is 624 g/mol. The van der Waals surface area contributed by atoms with Gasteiger partial charge in [0.2, 0.25) is 0 Å². The first-order valence-electron chi connectivity index (χ1n) is 17.8. The minimum absolute atomic E-state index is 0.0791. The van der Waals surface area contributed by atoms with Crippen molar-refractivity contribution in [3.05, 3.63) is 136 Å². The van der Waals surface area contributed by atoms with Crippen molar-refractivity contribution in [2.24, 2.45) is 0 Å². The van der Waals surface area contributed by atoms with Gasteiger partial charge in [0.15, 0.2) is 0 Å². The van der Waals surface area contributed by atoms with Crippen LogP contribution in [0.5, 0.6) is 0 Å². The molecule has 48 heavy (non-hydrogen) atoms. The van der Waals surface area contributed by atoms with Gasteiger partial charge < -0.3 is 4.90 Å². The monoisotopic (exact) mass is 623 g/mol. The molecular weight excluding hydrogens is 579 g/mol. The maximum Gasteiger partial charge on any atom is 0.0543 e. The predicted octanol–water partition coefficient (Wildman–Crippen LogP) is 13.6. The summed E-state index contributed by atoms with van der Waals surface area (Å²) in [5, 5.41) is 8.37. The van der Waals surface area contributed by atoms with E-state index in [4.69, 9.17) is 0 Å². The highest BCUT2D eigenvalue weighted by molar-refractivity contribution is 6.28. The molecule has 0 unspecified atom stereocenters. The molecule has 0 radical (unpaired) electrons. The van der Waals surface area contributed by atoms with Crippen LogP contribution in [-0.2, 0) is 10.8 Å². The van der Waals surface area contributed by atoms with Gasteiger partial charge in [0.25, 0.3) is 0 Å². The van der Waals surface area contributed by atoms with Crippen molar-refractivity contribution in [3.63, 3.8) is 0 Å². The van der Waals surface area contributed by atoms with Crippen LogP contribution in [0.15, 0.2) is 97.1 Å². The first kappa shape index (κ1) is 29.5. The lowest BCUT2D eigenvalue weighted by Gasteiger charge is -2.43. The Morgan fingerprint density at radius 2 is 1.04 bits per heavy atom. The highest BCUT2D eigenvalue weighted by atomic mass is 15.2. The Bertz CT molecular complexity index is 2470. The molecule has 0 fully saturated rings. The number of hydrogen-bond acceptors (Lipinski definition) is 1. The maximum absolute atomic E-state index is 2.63. The molecule has 0 saturated carbocycles. The fourth-order valence-corrected chi connectivity index (χ4v) is 9.50. The van der Waals surface area contributed by atoms with Gasteiger partial charge in [0.1, 0.15) is 0 Å². The summed E-state index contributed by atoms with van der Waals surface area (Å²) in [6.45, 7) is 21.3. The third-order valence-electron chi connectivity index (χ3n) is 12.0. The molecule has 7 aromatic carbocycles. The van der Waals surface area contributed by atoms with Crippen LogP contribution in [-0.4, -0.2) is 0 Å². The van der Waals surface area contributed by atoms with Crippen molar-refractivity contribution in [3.8, 4) is 11.1 Å². The van der Waals surface area contributed by atoms with Gasteiger partial charge >= 0.3 is 0 Å². The number of benzene rings is 7. The quantitative estimate of drug-likeness (QED) is 0.177. The fraction of sp³-hybridized carbons (Fsp3) is 0.277. The van der Waals surface area contributed by atoms with Crippen molar-refractivity contribution in [1.82, 2.24) is 0 Å². The maximum atomic E-state index is 2.63. The fourth-order valence-electron chi connectivity index (χ4n) is 9.50. The topological polar surface area (TPSA) is 3.24 Å². The molecule has 1 aliphatic heterocycles. The van der Waals surface area contributed by atoms with E-state index in [1.165, 1.54) is 99.5 Å². The Kier molecular flexibility index (Phi) is 5.98. The summed E-state index contributed by atoms with van der Waals surface area (Å²) in [4.78, 5) is 2.63. The lowest BCUT2D eigenvalue weighted by Crippen LogP contribution is -2.31. The summed E-state index contributed by atoms with van der Waals surface area (Å²) in [6, 6.07) is 37.8. The molecule has 0 amide bonds. The second-order valence-corrected chi connectivity index (χ2v) is 16.2. The van der Waals surface area contributed by atoms with E-state index in [1.807, 2.05) is 0 Å².